The predicted molar refractivity (Wildman–Crippen MR) is 91.0 cm³/mol. The fraction of sp³-hybridized carbons (Fsp3) is 0.400. The highest BCUT2D eigenvalue weighted by Gasteiger charge is 2.33. The van der Waals surface area contributed by atoms with Crippen molar-refractivity contribution in [3.05, 3.63) is 46.5 Å². The second kappa shape index (κ2) is 5.68. The lowest BCUT2D eigenvalue weighted by Gasteiger charge is -2.35. The maximum absolute atomic E-state index is 12.8. The molecule has 134 valence electrons. The molecule has 0 atom stereocenters. The van der Waals surface area contributed by atoms with Gasteiger partial charge in [0.1, 0.15) is 17.1 Å². The van der Waals surface area contributed by atoms with Crippen molar-refractivity contribution in [3.8, 4) is 22.6 Å². The lowest BCUT2D eigenvalue weighted by atomic mass is 9.85. The molecule has 2 aromatic carbocycles. The Morgan fingerprint density at radius 3 is 2.20 bits per heavy atom. The number of phenolic OH excluding ortho intramolecular Hbond substituents is 1. The van der Waals surface area contributed by atoms with Crippen LogP contribution < -0.4 is 4.74 Å². The number of rotatable bonds is 1. The topological polar surface area (TPSA) is 29.5 Å². The smallest absolute Gasteiger partial charge is 0.416 e. The number of hydrogen-bond acceptors (Lipinski definition) is 2. The number of hydrogen-bond donors (Lipinski definition) is 1. The average molecular weight is 350 g/mol. The van der Waals surface area contributed by atoms with Gasteiger partial charge in [0.2, 0.25) is 0 Å². The molecule has 0 unspecified atom stereocenters. The van der Waals surface area contributed by atoms with Gasteiger partial charge >= 0.3 is 6.18 Å². The molecule has 5 heteroatoms. The summed E-state index contributed by atoms with van der Waals surface area (Å²) in [4.78, 5) is 0. The van der Waals surface area contributed by atoms with Gasteiger partial charge in [-0.05, 0) is 69.4 Å². The van der Waals surface area contributed by atoms with Gasteiger partial charge in [-0.2, -0.15) is 13.2 Å². The van der Waals surface area contributed by atoms with Crippen LogP contribution in [0.15, 0.2) is 24.3 Å². The van der Waals surface area contributed by atoms with Crippen LogP contribution in [0.4, 0.5) is 13.2 Å². The van der Waals surface area contributed by atoms with E-state index in [1.54, 1.807) is 6.92 Å². The molecule has 1 aliphatic heterocycles. The minimum atomic E-state index is -4.38. The minimum absolute atomic E-state index is 0.110. The van der Waals surface area contributed by atoms with E-state index >= 15 is 0 Å². The summed E-state index contributed by atoms with van der Waals surface area (Å²) in [6.07, 6.45) is -2.90. The van der Waals surface area contributed by atoms with E-state index in [0.717, 1.165) is 35.4 Å². The Hall–Kier alpha value is -2.17. The van der Waals surface area contributed by atoms with Crippen LogP contribution in [-0.4, -0.2) is 10.7 Å². The van der Waals surface area contributed by atoms with Crippen molar-refractivity contribution < 1.29 is 23.0 Å². The van der Waals surface area contributed by atoms with Crippen molar-refractivity contribution in [3.63, 3.8) is 0 Å². The lowest BCUT2D eigenvalue weighted by Crippen LogP contribution is -2.33. The number of benzene rings is 2. The maximum Gasteiger partial charge on any atom is 0.416 e. The Morgan fingerprint density at radius 1 is 1.04 bits per heavy atom. The summed E-state index contributed by atoms with van der Waals surface area (Å²) in [6, 6.07) is 4.91. The number of ether oxygens (including phenoxy) is 1. The van der Waals surface area contributed by atoms with Crippen LogP contribution in [-0.2, 0) is 12.6 Å². The second-order valence-electron chi connectivity index (χ2n) is 7.22. The summed E-state index contributed by atoms with van der Waals surface area (Å²) in [6.45, 7) is 7.71. The zero-order chi connectivity index (χ0) is 18.6. The van der Waals surface area contributed by atoms with Gasteiger partial charge in [-0.15, -0.1) is 0 Å². The monoisotopic (exact) mass is 350 g/mol. The van der Waals surface area contributed by atoms with Crippen LogP contribution in [0.25, 0.3) is 11.1 Å². The van der Waals surface area contributed by atoms with Crippen molar-refractivity contribution in [2.45, 2.75) is 52.3 Å². The van der Waals surface area contributed by atoms with Crippen LogP contribution in [0.5, 0.6) is 11.5 Å². The van der Waals surface area contributed by atoms with Gasteiger partial charge in [-0.25, -0.2) is 0 Å². The van der Waals surface area contributed by atoms with E-state index in [4.69, 9.17) is 4.74 Å². The van der Waals surface area contributed by atoms with Crippen molar-refractivity contribution in [2.75, 3.05) is 0 Å². The quantitative estimate of drug-likeness (QED) is 0.704. The van der Waals surface area contributed by atoms with Gasteiger partial charge in [0, 0.05) is 11.1 Å². The number of fused-ring (bicyclic) bond motifs is 1. The van der Waals surface area contributed by atoms with E-state index in [1.807, 2.05) is 20.8 Å². The van der Waals surface area contributed by atoms with Crippen molar-refractivity contribution >= 4 is 0 Å². The normalized spacial score (nSPS) is 16.3. The molecule has 0 saturated heterocycles. The third-order valence-corrected chi connectivity index (χ3v) is 4.93. The highest BCUT2D eigenvalue weighted by atomic mass is 19.4. The van der Waals surface area contributed by atoms with Crippen LogP contribution in [0.2, 0.25) is 0 Å². The molecule has 3 rings (SSSR count). The SMILES string of the molecule is Cc1c(C)c2c(c(-c3ccc(C(F)(F)F)cc3)c1O)CCC(C)(C)O2. The molecule has 1 aliphatic rings. The van der Waals surface area contributed by atoms with E-state index in [-0.39, 0.29) is 11.4 Å². The summed E-state index contributed by atoms with van der Waals surface area (Å²) in [5.41, 5.74) is 2.54. The Balaban J connectivity index is 2.19. The van der Waals surface area contributed by atoms with Crippen LogP contribution in [0, 0.1) is 13.8 Å². The molecule has 25 heavy (non-hydrogen) atoms. The Labute approximate surface area is 145 Å². The first-order valence-electron chi connectivity index (χ1n) is 8.23. The second-order valence-corrected chi connectivity index (χ2v) is 7.22. The zero-order valence-electron chi connectivity index (χ0n) is 14.7. The van der Waals surface area contributed by atoms with E-state index in [1.165, 1.54) is 12.1 Å². The average Bonchev–Trinajstić information content (AvgIpc) is 2.53. The molecule has 0 saturated carbocycles. The molecule has 2 aromatic rings. The van der Waals surface area contributed by atoms with E-state index < -0.39 is 11.7 Å². The van der Waals surface area contributed by atoms with E-state index in [2.05, 4.69) is 0 Å². The minimum Gasteiger partial charge on any atom is -0.507 e. The largest absolute Gasteiger partial charge is 0.507 e. The van der Waals surface area contributed by atoms with Gasteiger partial charge in [0.15, 0.2) is 0 Å². The van der Waals surface area contributed by atoms with Crippen LogP contribution >= 0.6 is 0 Å². The summed E-state index contributed by atoms with van der Waals surface area (Å²) in [5.74, 6) is 0.848. The summed E-state index contributed by atoms with van der Waals surface area (Å²) >= 11 is 0. The highest BCUT2D eigenvalue weighted by Crippen LogP contribution is 2.48. The molecule has 0 spiro atoms. The Morgan fingerprint density at radius 2 is 1.64 bits per heavy atom. The first kappa shape index (κ1) is 17.6. The first-order chi connectivity index (χ1) is 11.5. The van der Waals surface area contributed by atoms with Crippen molar-refractivity contribution in [2.24, 2.45) is 0 Å². The standard InChI is InChI=1S/C20H21F3O2/c1-11-12(2)18-15(9-10-19(3,4)25-18)16(17(11)24)13-5-7-14(8-6-13)20(21,22)23/h5-8,24H,9-10H2,1-4H3. The van der Waals surface area contributed by atoms with Crippen molar-refractivity contribution in [1.82, 2.24) is 0 Å². The molecular weight excluding hydrogens is 329 g/mol. The van der Waals surface area contributed by atoms with Gasteiger partial charge in [-0.1, -0.05) is 12.1 Å². The molecule has 0 amide bonds. The van der Waals surface area contributed by atoms with Crippen molar-refractivity contribution in [1.29, 1.82) is 0 Å². The summed E-state index contributed by atoms with van der Waals surface area (Å²) in [7, 11) is 0. The predicted octanol–water partition coefficient (Wildman–Crippen LogP) is 5.80. The lowest BCUT2D eigenvalue weighted by molar-refractivity contribution is -0.137. The molecular formula is C20H21F3O2. The fourth-order valence-corrected chi connectivity index (χ4v) is 3.29. The number of aromatic hydroxyl groups is 1. The summed E-state index contributed by atoms with van der Waals surface area (Å²) < 4.78 is 44.6. The maximum atomic E-state index is 12.8. The van der Waals surface area contributed by atoms with E-state index in [9.17, 15) is 18.3 Å². The first-order valence-corrected chi connectivity index (χ1v) is 8.23. The van der Waals surface area contributed by atoms with Crippen LogP contribution in [0.3, 0.4) is 0 Å². The summed E-state index contributed by atoms with van der Waals surface area (Å²) in [5, 5.41) is 10.7. The fourth-order valence-electron chi connectivity index (χ4n) is 3.29. The number of halogens is 3. The van der Waals surface area contributed by atoms with Gasteiger partial charge < -0.3 is 9.84 Å². The Bertz CT molecular complexity index is 819. The molecule has 0 bridgehead atoms. The molecule has 0 aromatic heterocycles. The van der Waals surface area contributed by atoms with Crippen LogP contribution in [0.1, 0.15) is 42.5 Å². The number of alkyl halides is 3. The zero-order valence-corrected chi connectivity index (χ0v) is 14.7. The highest BCUT2D eigenvalue weighted by molar-refractivity contribution is 5.80. The Kier molecular flexibility index (Phi) is 4.01. The molecule has 0 radical (unpaired) electrons. The molecule has 1 heterocycles. The van der Waals surface area contributed by atoms with Gasteiger partial charge in [0.25, 0.3) is 0 Å². The van der Waals surface area contributed by atoms with E-state index in [0.29, 0.717) is 23.1 Å². The molecule has 1 N–H and O–H groups in total. The molecule has 2 nitrogen and oxygen atoms in total. The third kappa shape index (κ3) is 3.08. The molecule has 0 fully saturated rings. The van der Waals surface area contributed by atoms with Gasteiger partial charge in [-0.3, -0.25) is 0 Å². The number of phenols is 1. The molecule has 0 aliphatic carbocycles. The van der Waals surface area contributed by atoms with Gasteiger partial charge in [0.05, 0.1) is 5.56 Å². The third-order valence-electron chi connectivity index (χ3n) is 4.93.